The molecule has 0 aromatic rings. The Balaban J connectivity index is 1.38. The lowest BCUT2D eigenvalue weighted by atomic mass is 9.75. The van der Waals surface area contributed by atoms with Crippen LogP contribution in [0.25, 0.3) is 0 Å². The lowest BCUT2D eigenvalue weighted by Crippen LogP contribution is -2.61. The van der Waals surface area contributed by atoms with Gasteiger partial charge in [0.2, 0.25) is 23.5 Å². The molecule has 2 aliphatic heterocycles. The molecule has 0 radical (unpaired) electrons. The zero-order valence-corrected chi connectivity index (χ0v) is 33.3. The van der Waals surface area contributed by atoms with E-state index >= 15 is 0 Å². The topological polar surface area (TPSA) is 176 Å². The van der Waals surface area contributed by atoms with Gasteiger partial charge in [-0.1, -0.05) is 87.0 Å². The van der Waals surface area contributed by atoms with Gasteiger partial charge in [0.25, 0.3) is 5.91 Å². The summed E-state index contributed by atoms with van der Waals surface area (Å²) in [6, 6.07) is -2.78. The zero-order valence-electron chi connectivity index (χ0n) is 33.3. The number of hydrogen-bond acceptors (Lipinski definition) is 7. The number of imide groups is 1. The highest BCUT2D eigenvalue weighted by Crippen LogP contribution is 2.53. The van der Waals surface area contributed by atoms with E-state index < -0.39 is 52.6 Å². The van der Waals surface area contributed by atoms with Gasteiger partial charge >= 0.3 is 6.03 Å². The number of hydrogen-bond donors (Lipinski definition) is 3. The molecule has 3 aliphatic carbocycles. The minimum atomic E-state index is -1.03. The van der Waals surface area contributed by atoms with E-state index in [0.29, 0.717) is 13.0 Å². The van der Waals surface area contributed by atoms with Gasteiger partial charge in [-0.2, -0.15) is 0 Å². The van der Waals surface area contributed by atoms with E-state index in [1.54, 1.807) is 4.90 Å². The second-order valence-corrected chi connectivity index (χ2v) is 19.7. The Morgan fingerprint density at radius 1 is 0.868 bits per heavy atom. The zero-order chi connectivity index (χ0) is 39.0. The van der Waals surface area contributed by atoms with E-state index in [4.69, 9.17) is 5.73 Å². The molecule has 12 nitrogen and oxygen atoms in total. The van der Waals surface area contributed by atoms with Crippen molar-refractivity contribution in [3.8, 4) is 0 Å². The van der Waals surface area contributed by atoms with E-state index in [1.807, 2.05) is 34.6 Å². The summed E-state index contributed by atoms with van der Waals surface area (Å²) in [7, 11) is 0. The molecule has 5 fully saturated rings. The predicted molar refractivity (Wildman–Crippen MR) is 200 cm³/mol. The number of nitrogens with one attached hydrogen (secondary N) is 2. The molecule has 0 aromatic carbocycles. The summed E-state index contributed by atoms with van der Waals surface area (Å²) in [6.07, 6.45) is 9.88. The number of rotatable bonds is 13. The van der Waals surface area contributed by atoms with Crippen LogP contribution in [0.3, 0.4) is 0 Å². The van der Waals surface area contributed by atoms with Crippen LogP contribution in [-0.4, -0.2) is 82.2 Å². The number of amides is 6. The summed E-state index contributed by atoms with van der Waals surface area (Å²) in [5, 5.41) is 6.07. The van der Waals surface area contributed by atoms with Gasteiger partial charge in [0.15, 0.2) is 5.78 Å². The molecular formula is C41H65N5O7. The Morgan fingerprint density at radius 3 is 2.04 bits per heavy atom. The van der Waals surface area contributed by atoms with Crippen molar-refractivity contribution in [2.45, 2.75) is 156 Å². The number of primary amides is 1. The SMILES string of the molecule is CC1(C)CC(=O)N(C[C@@H](NC(=O)N[C@H](C(=O)N2C[C@H]3[C@H](CCC3(C)C)[C@H]2C(=O)CC(CC2CCC2)C(=O)C(N)=O)C2CCCCC2)C(C)(C)C)C(=O)C1. The summed E-state index contributed by atoms with van der Waals surface area (Å²) >= 11 is 0. The number of carbonyl (C=O) groups excluding carboxylic acids is 7. The van der Waals surface area contributed by atoms with Crippen LogP contribution in [-0.2, 0) is 28.8 Å². The molecule has 1 unspecified atom stereocenters. The van der Waals surface area contributed by atoms with Crippen molar-refractivity contribution >= 4 is 41.2 Å². The first kappa shape index (κ1) is 40.9. The molecule has 6 amide bonds. The summed E-state index contributed by atoms with van der Waals surface area (Å²) in [5.74, 6) is -3.41. The van der Waals surface area contributed by atoms with Crippen LogP contribution in [0.15, 0.2) is 0 Å². The minimum absolute atomic E-state index is 0.0277. The third kappa shape index (κ3) is 9.32. The monoisotopic (exact) mass is 739 g/mol. The standard InChI is InChI=1S/C41H65N5O7/c1-39(2,3)30(23-45-31(48)20-40(4,5)21-32(45)49)43-38(53)44-33(25-14-9-8-10-15-25)37(52)46-22-28-27(16-17-41(28,6)7)34(46)29(47)19-26(35(50)36(42)51)18-24-12-11-13-24/h24-28,30,33-34H,8-23H2,1-7H3,(H2,42,51)(H2,43,44,53)/t26?,27-,28-,30+,33-,34-/m0/s1. The number of urea groups is 1. The van der Waals surface area contributed by atoms with Gasteiger partial charge < -0.3 is 21.3 Å². The Labute approximate surface area is 315 Å². The Hall–Kier alpha value is -3.31. The molecule has 0 spiro atoms. The Morgan fingerprint density at radius 2 is 1.49 bits per heavy atom. The van der Waals surface area contributed by atoms with Gasteiger partial charge in [0.1, 0.15) is 6.04 Å². The van der Waals surface area contributed by atoms with Crippen molar-refractivity contribution in [2.75, 3.05) is 13.1 Å². The van der Waals surface area contributed by atoms with Crippen molar-refractivity contribution in [1.82, 2.24) is 20.4 Å². The fourth-order valence-electron chi connectivity index (χ4n) is 9.94. The van der Waals surface area contributed by atoms with E-state index in [1.165, 1.54) is 4.90 Å². The highest BCUT2D eigenvalue weighted by atomic mass is 16.2. The number of Topliss-reactive ketones (excluding diaryl/α,β-unsaturated/α-hetero) is 2. The van der Waals surface area contributed by atoms with Gasteiger partial charge in [-0.25, -0.2) is 4.79 Å². The smallest absolute Gasteiger partial charge is 0.315 e. The highest BCUT2D eigenvalue weighted by Gasteiger charge is 2.57. The van der Waals surface area contributed by atoms with E-state index in [0.717, 1.165) is 64.2 Å². The van der Waals surface area contributed by atoms with E-state index in [9.17, 15) is 33.6 Å². The molecule has 0 aromatic heterocycles. The molecule has 5 rings (SSSR count). The molecule has 4 N–H and O–H groups in total. The van der Waals surface area contributed by atoms with Crippen molar-refractivity contribution in [3.63, 3.8) is 0 Å². The molecular weight excluding hydrogens is 674 g/mol. The lowest BCUT2D eigenvalue weighted by Gasteiger charge is -2.40. The second-order valence-electron chi connectivity index (χ2n) is 19.7. The van der Waals surface area contributed by atoms with Crippen LogP contribution < -0.4 is 16.4 Å². The molecule has 2 heterocycles. The van der Waals surface area contributed by atoms with E-state index in [-0.39, 0.29) is 78.4 Å². The third-order valence-electron chi connectivity index (χ3n) is 13.5. The maximum absolute atomic E-state index is 14.9. The van der Waals surface area contributed by atoms with Gasteiger partial charge in [-0.3, -0.25) is 33.7 Å². The lowest BCUT2D eigenvalue weighted by molar-refractivity contribution is -0.153. The number of nitrogens with zero attached hydrogens (tertiary/aromatic N) is 2. The van der Waals surface area contributed by atoms with Crippen molar-refractivity contribution in [1.29, 1.82) is 0 Å². The van der Waals surface area contributed by atoms with Crippen molar-refractivity contribution < 1.29 is 33.6 Å². The van der Waals surface area contributed by atoms with Crippen LogP contribution >= 0.6 is 0 Å². The molecule has 296 valence electrons. The molecule has 0 bridgehead atoms. The quantitative estimate of drug-likeness (QED) is 0.178. The first-order valence-electron chi connectivity index (χ1n) is 20.3. The van der Waals surface area contributed by atoms with Crippen LogP contribution in [0.1, 0.15) is 138 Å². The predicted octanol–water partition coefficient (Wildman–Crippen LogP) is 4.91. The highest BCUT2D eigenvalue weighted by molar-refractivity contribution is 6.36. The first-order valence-corrected chi connectivity index (χ1v) is 20.3. The maximum Gasteiger partial charge on any atom is 0.315 e. The molecule has 5 aliphatic rings. The third-order valence-corrected chi connectivity index (χ3v) is 13.5. The molecule has 3 saturated carbocycles. The van der Waals surface area contributed by atoms with Crippen LogP contribution in [0.4, 0.5) is 4.79 Å². The summed E-state index contributed by atoms with van der Waals surface area (Å²) in [5.41, 5.74) is 4.41. The molecule has 53 heavy (non-hydrogen) atoms. The molecule has 2 saturated heterocycles. The van der Waals surface area contributed by atoms with Crippen molar-refractivity contribution in [2.24, 2.45) is 51.6 Å². The van der Waals surface area contributed by atoms with Gasteiger partial charge in [-0.15, -0.1) is 0 Å². The summed E-state index contributed by atoms with van der Waals surface area (Å²) < 4.78 is 0. The van der Waals surface area contributed by atoms with Crippen LogP contribution in [0, 0.1) is 45.8 Å². The van der Waals surface area contributed by atoms with Crippen molar-refractivity contribution in [3.05, 3.63) is 0 Å². The molecule has 6 atom stereocenters. The number of ketones is 2. The van der Waals surface area contributed by atoms with E-state index in [2.05, 4.69) is 24.5 Å². The van der Waals surface area contributed by atoms with Crippen LogP contribution in [0.2, 0.25) is 0 Å². The van der Waals surface area contributed by atoms with Gasteiger partial charge in [0, 0.05) is 38.3 Å². The number of piperidine rings is 1. The van der Waals surface area contributed by atoms with Gasteiger partial charge in [0.05, 0.1) is 12.1 Å². The second kappa shape index (κ2) is 15.8. The fraction of sp³-hybridized carbons (Fsp3) is 0.829. The summed E-state index contributed by atoms with van der Waals surface area (Å²) in [4.78, 5) is 97.5. The first-order chi connectivity index (χ1) is 24.7. The Bertz CT molecular complexity index is 1440. The minimum Gasteiger partial charge on any atom is -0.363 e. The Kier molecular flexibility index (Phi) is 12.2. The number of nitrogens with two attached hydrogens (primary N) is 1. The van der Waals surface area contributed by atoms with Crippen LogP contribution in [0.5, 0.6) is 0 Å². The largest absolute Gasteiger partial charge is 0.363 e. The number of likely N-dealkylation sites (tertiary alicyclic amines) is 2. The maximum atomic E-state index is 14.9. The number of carbonyl (C=O) groups is 7. The fourth-order valence-corrected chi connectivity index (χ4v) is 9.94. The normalized spacial score (nSPS) is 27.7. The average molecular weight is 740 g/mol. The average Bonchev–Trinajstić information content (AvgIpc) is 3.57. The summed E-state index contributed by atoms with van der Waals surface area (Å²) in [6.45, 7) is 14.4. The molecule has 12 heteroatoms. The number of fused-ring (bicyclic) bond motifs is 1. The van der Waals surface area contributed by atoms with Gasteiger partial charge in [-0.05, 0) is 72.0 Å².